The quantitative estimate of drug-likeness (QED) is 0.683. The van der Waals surface area contributed by atoms with Crippen molar-refractivity contribution in [3.8, 4) is 0 Å². The number of carbonyl (C=O) groups excluding carboxylic acids is 2. The Morgan fingerprint density at radius 2 is 1.77 bits per heavy atom. The molecule has 2 N–H and O–H groups in total. The molecule has 0 aliphatic carbocycles. The maximum absolute atomic E-state index is 13.0. The van der Waals surface area contributed by atoms with Gasteiger partial charge in [0.05, 0.1) is 26.2 Å². The minimum atomic E-state index is -0.0657. The molecule has 6 nitrogen and oxygen atoms in total. The lowest BCUT2D eigenvalue weighted by Crippen LogP contribution is -3.15. The summed E-state index contributed by atoms with van der Waals surface area (Å²) in [5.74, 6) is 0.372. The van der Waals surface area contributed by atoms with Crippen LogP contribution in [0.15, 0.2) is 52.9 Å². The zero-order valence-electron chi connectivity index (χ0n) is 17.5. The van der Waals surface area contributed by atoms with Gasteiger partial charge in [-0.1, -0.05) is 43.3 Å². The van der Waals surface area contributed by atoms with E-state index in [1.54, 1.807) is 0 Å². The van der Waals surface area contributed by atoms with Crippen molar-refractivity contribution in [1.82, 2.24) is 4.90 Å². The third kappa shape index (κ3) is 4.09. The Labute approximate surface area is 176 Å². The Morgan fingerprint density at radius 1 is 1.07 bits per heavy atom. The van der Waals surface area contributed by atoms with E-state index in [0.717, 1.165) is 47.3 Å². The topological polar surface area (TPSA) is 67.0 Å². The van der Waals surface area contributed by atoms with Crippen LogP contribution in [-0.4, -0.2) is 49.4 Å². The van der Waals surface area contributed by atoms with Crippen molar-refractivity contribution < 1.29 is 18.9 Å². The lowest BCUT2D eigenvalue weighted by atomic mass is 10.1. The summed E-state index contributed by atoms with van der Waals surface area (Å²) in [6.07, 6.45) is 0.880. The van der Waals surface area contributed by atoms with Crippen LogP contribution in [0, 0.1) is 6.92 Å². The van der Waals surface area contributed by atoms with E-state index in [1.165, 1.54) is 4.90 Å². The van der Waals surface area contributed by atoms with E-state index in [9.17, 15) is 9.59 Å². The second-order valence-electron chi connectivity index (χ2n) is 7.83. The highest BCUT2D eigenvalue weighted by Crippen LogP contribution is 2.26. The largest absolute Gasteiger partial charge is 0.451 e. The molecule has 0 spiro atoms. The summed E-state index contributed by atoms with van der Waals surface area (Å²) in [5.41, 5.74) is 3.65. The number of hydrogen-bond donors (Lipinski definition) is 2. The Hall–Kier alpha value is -3.12. The Kier molecular flexibility index (Phi) is 5.86. The van der Waals surface area contributed by atoms with Crippen LogP contribution in [0.5, 0.6) is 0 Å². The lowest BCUT2D eigenvalue weighted by molar-refractivity contribution is -0.895. The van der Waals surface area contributed by atoms with Gasteiger partial charge in [0, 0.05) is 16.6 Å². The number of nitrogens with one attached hydrogen (secondary N) is 2. The van der Waals surface area contributed by atoms with Gasteiger partial charge in [-0.2, -0.15) is 0 Å². The number of piperazine rings is 1. The number of hydrogen-bond acceptors (Lipinski definition) is 3. The van der Waals surface area contributed by atoms with Gasteiger partial charge in [-0.25, -0.2) is 0 Å². The fourth-order valence-electron chi connectivity index (χ4n) is 4.10. The normalized spacial score (nSPS) is 14.8. The first-order valence-electron chi connectivity index (χ1n) is 10.6. The van der Waals surface area contributed by atoms with E-state index in [-0.39, 0.29) is 11.8 Å². The highest BCUT2D eigenvalue weighted by Gasteiger charge is 2.29. The molecule has 0 atom stereocenters. The number of benzene rings is 2. The van der Waals surface area contributed by atoms with Crippen molar-refractivity contribution in [3.63, 3.8) is 0 Å². The molecule has 30 heavy (non-hydrogen) atoms. The van der Waals surface area contributed by atoms with Crippen LogP contribution in [0.4, 0.5) is 5.69 Å². The second kappa shape index (κ2) is 8.71. The Morgan fingerprint density at radius 3 is 2.50 bits per heavy atom. The molecule has 1 aliphatic heterocycles. The molecule has 1 aliphatic rings. The van der Waals surface area contributed by atoms with Gasteiger partial charge >= 0.3 is 0 Å². The van der Waals surface area contributed by atoms with Crippen molar-refractivity contribution in [2.45, 2.75) is 20.3 Å². The molecule has 2 aromatic carbocycles. The number of quaternary nitrogens is 1. The van der Waals surface area contributed by atoms with Gasteiger partial charge in [-0.05, 0) is 31.0 Å². The van der Waals surface area contributed by atoms with Crippen LogP contribution in [0.1, 0.15) is 28.6 Å². The van der Waals surface area contributed by atoms with E-state index in [2.05, 4.69) is 12.2 Å². The van der Waals surface area contributed by atoms with Crippen molar-refractivity contribution >= 4 is 28.5 Å². The number of rotatable bonds is 5. The zero-order valence-corrected chi connectivity index (χ0v) is 17.5. The third-order valence-electron chi connectivity index (χ3n) is 5.88. The van der Waals surface area contributed by atoms with Gasteiger partial charge in [0.1, 0.15) is 5.58 Å². The van der Waals surface area contributed by atoms with Crippen molar-refractivity contribution in [2.75, 3.05) is 38.0 Å². The molecule has 2 amide bonds. The number of furan rings is 1. The first-order valence-corrected chi connectivity index (χ1v) is 10.6. The van der Waals surface area contributed by atoms with Crippen LogP contribution in [0.2, 0.25) is 0 Å². The van der Waals surface area contributed by atoms with E-state index in [0.29, 0.717) is 25.4 Å². The van der Waals surface area contributed by atoms with Gasteiger partial charge < -0.3 is 19.5 Å². The number of carbonyl (C=O) groups is 2. The van der Waals surface area contributed by atoms with Crippen molar-refractivity contribution in [3.05, 3.63) is 65.4 Å². The lowest BCUT2D eigenvalue weighted by Gasteiger charge is -2.31. The standard InChI is InChI=1S/C24H27N3O3/c1-3-18-8-4-6-10-20(18)25-22(28)16-26-12-14-27(15-13-26)24(29)23-17(2)19-9-5-7-11-21(19)30-23/h4-11H,3,12-16H2,1-2H3,(H,25,28)/p+1. The number of amides is 2. The average Bonchev–Trinajstić information content (AvgIpc) is 3.11. The number of anilines is 1. The van der Waals surface area contributed by atoms with E-state index < -0.39 is 0 Å². The Balaban J connectivity index is 1.34. The molecule has 1 fully saturated rings. The summed E-state index contributed by atoms with van der Waals surface area (Å²) in [7, 11) is 0. The van der Waals surface area contributed by atoms with Crippen LogP contribution in [0.25, 0.3) is 11.0 Å². The predicted octanol–water partition coefficient (Wildman–Crippen LogP) is 2.28. The van der Waals surface area contributed by atoms with Crippen LogP contribution < -0.4 is 10.2 Å². The highest BCUT2D eigenvalue weighted by atomic mass is 16.3. The second-order valence-corrected chi connectivity index (χ2v) is 7.83. The smallest absolute Gasteiger partial charge is 0.290 e. The maximum atomic E-state index is 13.0. The number of aryl methyl sites for hydroxylation is 2. The zero-order chi connectivity index (χ0) is 21.1. The molecule has 0 saturated carbocycles. The van der Waals surface area contributed by atoms with Gasteiger partial charge in [0.25, 0.3) is 11.8 Å². The first kappa shape index (κ1) is 20.2. The van der Waals surface area contributed by atoms with Crippen molar-refractivity contribution in [2.24, 2.45) is 0 Å². The molecule has 0 bridgehead atoms. The van der Waals surface area contributed by atoms with E-state index >= 15 is 0 Å². The molecule has 1 aromatic heterocycles. The summed E-state index contributed by atoms with van der Waals surface area (Å²) in [6.45, 7) is 7.13. The molecular formula is C24H28N3O3+. The number of para-hydroxylation sites is 2. The average molecular weight is 407 g/mol. The first-order chi connectivity index (χ1) is 14.6. The summed E-state index contributed by atoms with van der Waals surface area (Å²) in [4.78, 5) is 28.5. The van der Waals surface area contributed by atoms with E-state index in [4.69, 9.17) is 4.42 Å². The van der Waals surface area contributed by atoms with Crippen molar-refractivity contribution in [1.29, 1.82) is 0 Å². The van der Waals surface area contributed by atoms with Gasteiger partial charge in [-0.15, -0.1) is 0 Å². The molecule has 4 rings (SSSR count). The highest BCUT2D eigenvalue weighted by molar-refractivity contribution is 5.99. The molecule has 0 unspecified atom stereocenters. The summed E-state index contributed by atoms with van der Waals surface area (Å²) < 4.78 is 5.83. The minimum Gasteiger partial charge on any atom is -0.451 e. The molecule has 0 radical (unpaired) electrons. The predicted molar refractivity (Wildman–Crippen MR) is 117 cm³/mol. The SMILES string of the molecule is CCc1ccccc1NC(=O)C[NH+]1CCN(C(=O)c2oc3ccccc3c2C)CC1. The molecule has 3 aromatic rings. The summed E-state index contributed by atoms with van der Waals surface area (Å²) >= 11 is 0. The van der Waals surface area contributed by atoms with Gasteiger partial charge in [0.15, 0.2) is 12.3 Å². The molecule has 1 saturated heterocycles. The number of nitrogens with zero attached hydrogens (tertiary/aromatic N) is 1. The minimum absolute atomic E-state index is 0.0128. The molecule has 156 valence electrons. The van der Waals surface area contributed by atoms with Gasteiger partial charge in [0.2, 0.25) is 0 Å². The number of fused-ring (bicyclic) bond motifs is 1. The van der Waals surface area contributed by atoms with E-state index in [1.807, 2.05) is 60.4 Å². The summed E-state index contributed by atoms with van der Waals surface area (Å²) in [5, 5.41) is 4.02. The van der Waals surface area contributed by atoms with Crippen LogP contribution in [-0.2, 0) is 11.2 Å². The third-order valence-corrected chi connectivity index (χ3v) is 5.88. The maximum Gasteiger partial charge on any atom is 0.290 e. The monoisotopic (exact) mass is 406 g/mol. The molecule has 6 heteroatoms. The van der Waals surface area contributed by atoms with Crippen LogP contribution in [0.3, 0.4) is 0 Å². The molecule has 2 heterocycles. The Bertz CT molecular complexity index is 1060. The van der Waals surface area contributed by atoms with Gasteiger partial charge in [-0.3, -0.25) is 9.59 Å². The fourth-order valence-corrected chi connectivity index (χ4v) is 4.10. The molecular weight excluding hydrogens is 378 g/mol. The fraction of sp³-hybridized carbons (Fsp3) is 0.333. The van der Waals surface area contributed by atoms with Crippen LogP contribution >= 0.6 is 0 Å². The summed E-state index contributed by atoms with van der Waals surface area (Å²) in [6, 6.07) is 15.6.